The summed E-state index contributed by atoms with van der Waals surface area (Å²) in [6.45, 7) is 2.06. The van der Waals surface area contributed by atoms with Crippen LogP contribution in [0.25, 0.3) is 5.69 Å². The lowest BCUT2D eigenvalue weighted by Gasteiger charge is -2.25. The number of hydrogen-bond donors (Lipinski definition) is 1. The minimum absolute atomic E-state index is 0.188. The van der Waals surface area contributed by atoms with Crippen LogP contribution >= 0.6 is 0 Å². The number of hydrogen-bond acceptors (Lipinski definition) is 6. The summed E-state index contributed by atoms with van der Waals surface area (Å²) in [7, 11) is -3.53. The number of pyridine rings is 1. The molecule has 0 atom stereocenters. The van der Waals surface area contributed by atoms with Crippen molar-refractivity contribution in [2.75, 3.05) is 31.6 Å². The molecule has 0 saturated carbocycles. The Morgan fingerprint density at radius 1 is 1.04 bits per heavy atom. The van der Waals surface area contributed by atoms with Crippen LogP contribution < -0.4 is 5.32 Å². The Labute approximate surface area is 163 Å². The van der Waals surface area contributed by atoms with E-state index in [0.717, 1.165) is 11.4 Å². The van der Waals surface area contributed by atoms with E-state index in [-0.39, 0.29) is 4.90 Å². The summed E-state index contributed by atoms with van der Waals surface area (Å²) in [6.07, 6.45) is 3.29. The van der Waals surface area contributed by atoms with E-state index < -0.39 is 10.0 Å². The lowest BCUT2D eigenvalue weighted by molar-refractivity contribution is 0.0730. The van der Waals surface area contributed by atoms with Gasteiger partial charge in [-0.3, -0.25) is 0 Å². The van der Waals surface area contributed by atoms with E-state index in [4.69, 9.17) is 4.74 Å². The molecule has 1 fully saturated rings. The summed E-state index contributed by atoms with van der Waals surface area (Å²) in [6, 6.07) is 15.0. The van der Waals surface area contributed by atoms with Gasteiger partial charge in [0.2, 0.25) is 10.0 Å². The van der Waals surface area contributed by atoms with Gasteiger partial charge in [-0.1, -0.05) is 18.2 Å². The molecular formula is C19H21N5O3S. The third-order valence-corrected chi connectivity index (χ3v) is 6.34. The van der Waals surface area contributed by atoms with E-state index in [0.29, 0.717) is 38.7 Å². The maximum Gasteiger partial charge on any atom is 0.244 e. The third kappa shape index (κ3) is 4.06. The van der Waals surface area contributed by atoms with E-state index in [1.807, 2.05) is 47.3 Å². The number of anilines is 1. The van der Waals surface area contributed by atoms with Gasteiger partial charge in [-0.05, 0) is 30.3 Å². The minimum Gasteiger partial charge on any atom is -0.379 e. The predicted molar refractivity (Wildman–Crippen MR) is 105 cm³/mol. The number of morpholine rings is 1. The molecule has 1 aliphatic rings. The number of ether oxygens (including phenoxy) is 1. The molecule has 9 heteroatoms. The van der Waals surface area contributed by atoms with E-state index >= 15 is 0 Å². The molecule has 0 spiro atoms. The average Bonchev–Trinajstić information content (AvgIpc) is 3.23. The van der Waals surface area contributed by atoms with Crippen LogP contribution in [0.2, 0.25) is 0 Å². The molecule has 0 aliphatic carbocycles. The molecule has 1 aromatic carbocycles. The van der Waals surface area contributed by atoms with E-state index in [1.54, 1.807) is 12.1 Å². The van der Waals surface area contributed by atoms with E-state index in [1.165, 1.54) is 10.5 Å². The zero-order valence-corrected chi connectivity index (χ0v) is 16.0. The van der Waals surface area contributed by atoms with Crippen molar-refractivity contribution in [3.8, 4) is 5.69 Å². The van der Waals surface area contributed by atoms with Gasteiger partial charge in [0.25, 0.3) is 0 Å². The molecule has 1 aliphatic heterocycles. The molecule has 2 aromatic heterocycles. The normalized spacial score (nSPS) is 15.4. The van der Waals surface area contributed by atoms with Crippen molar-refractivity contribution in [2.24, 2.45) is 0 Å². The standard InChI is InChI=1S/C19H21N5O3S/c25-28(26,23-10-12-27-13-11-23)18-6-7-19(21-15-18)20-14-16-8-9-24(22-16)17-4-2-1-3-5-17/h1-9,15H,10-14H2,(H,20,21). The van der Waals surface area contributed by atoms with Crippen LogP contribution in [-0.2, 0) is 21.3 Å². The first-order chi connectivity index (χ1) is 13.6. The Kier molecular flexibility index (Phi) is 5.38. The fourth-order valence-electron chi connectivity index (χ4n) is 2.94. The van der Waals surface area contributed by atoms with Crippen LogP contribution in [-0.4, -0.2) is 53.8 Å². The number of benzene rings is 1. The van der Waals surface area contributed by atoms with Gasteiger partial charge in [0.15, 0.2) is 0 Å². The number of aromatic nitrogens is 3. The highest BCUT2D eigenvalue weighted by Crippen LogP contribution is 2.18. The van der Waals surface area contributed by atoms with E-state index in [9.17, 15) is 8.42 Å². The zero-order valence-electron chi connectivity index (χ0n) is 15.2. The van der Waals surface area contributed by atoms with Crippen molar-refractivity contribution in [1.29, 1.82) is 0 Å². The van der Waals surface area contributed by atoms with Gasteiger partial charge < -0.3 is 10.1 Å². The van der Waals surface area contributed by atoms with Crippen molar-refractivity contribution in [2.45, 2.75) is 11.4 Å². The summed E-state index contributed by atoms with van der Waals surface area (Å²) < 4.78 is 33.7. The Morgan fingerprint density at radius 3 is 2.54 bits per heavy atom. The highest BCUT2D eigenvalue weighted by molar-refractivity contribution is 7.89. The van der Waals surface area contributed by atoms with E-state index in [2.05, 4.69) is 15.4 Å². The summed E-state index contributed by atoms with van der Waals surface area (Å²) in [4.78, 5) is 4.43. The molecule has 1 saturated heterocycles. The molecule has 0 radical (unpaired) electrons. The number of sulfonamides is 1. The van der Waals surface area contributed by atoms with Crippen molar-refractivity contribution < 1.29 is 13.2 Å². The molecule has 0 bridgehead atoms. The Morgan fingerprint density at radius 2 is 1.82 bits per heavy atom. The molecule has 4 rings (SSSR count). The summed E-state index contributed by atoms with van der Waals surface area (Å²) in [5, 5.41) is 7.69. The maximum atomic E-state index is 12.6. The van der Waals surface area contributed by atoms with Gasteiger partial charge >= 0.3 is 0 Å². The monoisotopic (exact) mass is 399 g/mol. The van der Waals surface area contributed by atoms with Gasteiger partial charge in [0.1, 0.15) is 10.7 Å². The average molecular weight is 399 g/mol. The molecule has 28 heavy (non-hydrogen) atoms. The molecule has 0 amide bonds. The van der Waals surface area contributed by atoms with Gasteiger partial charge in [-0.15, -0.1) is 0 Å². The van der Waals surface area contributed by atoms with Crippen molar-refractivity contribution in [1.82, 2.24) is 19.1 Å². The van der Waals surface area contributed by atoms with Crippen molar-refractivity contribution in [3.05, 3.63) is 66.6 Å². The number of nitrogens with one attached hydrogen (secondary N) is 1. The van der Waals surface area contributed by atoms with Crippen LogP contribution in [0, 0.1) is 0 Å². The molecule has 146 valence electrons. The lowest BCUT2D eigenvalue weighted by atomic mass is 10.3. The maximum absolute atomic E-state index is 12.6. The lowest BCUT2D eigenvalue weighted by Crippen LogP contribution is -2.40. The van der Waals surface area contributed by atoms with Crippen LogP contribution in [0.3, 0.4) is 0 Å². The highest BCUT2D eigenvalue weighted by Gasteiger charge is 2.26. The Hall–Kier alpha value is -2.75. The van der Waals surface area contributed by atoms with Gasteiger partial charge in [-0.25, -0.2) is 18.1 Å². The summed E-state index contributed by atoms with van der Waals surface area (Å²) >= 11 is 0. The SMILES string of the molecule is O=S(=O)(c1ccc(NCc2ccn(-c3ccccc3)n2)nc1)N1CCOCC1. The first-order valence-corrected chi connectivity index (χ1v) is 10.4. The second-order valence-electron chi connectivity index (χ2n) is 6.34. The molecule has 3 aromatic rings. The second-order valence-corrected chi connectivity index (χ2v) is 8.27. The van der Waals surface area contributed by atoms with Gasteiger partial charge in [-0.2, -0.15) is 9.40 Å². The first kappa shape index (κ1) is 18.6. The van der Waals surface area contributed by atoms with Crippen LogP contribution in [0.5, 0.6) is 0 Å². The summed E-state index contributed by atoms with van der Waals surface area (Å²) in [5.41, 5.74) is 1.85. The fourth-order valence-corrected chi connectivity index (χ4v) is 4.29. The number of nitrogens with zero attached hydrogens (tertiary/aromatic N) is 4. The third-order valence-electron chi connectivity index (χ3n) is 4.46. The zero-order chi connectivity index (χ0) is 19.4. The first-order valence-electron chi connectivity index (χ1n) is 9.01. The smallest absolute Gasteiger partial charge is 0.244 e. The quantitative estimate of drug-likeness (QED) is 0.681. The summed E-state index contributed by atoms with van der Waals surface area (Å²) in [5.74, 6) is 0.593. The number of rotatable bonds is 6. The van der Waals surface area contributed by atoms with Crippen LogP contribution in [0.4, 0.5) is 5.82 Å². The van der Waals surface area contributed by atoms with Crippen LogP contribution in [0.15, 0.2) is 65.8 Å². The molecular weight excluding hydrogens is 378 g/mol. The minimum atomic E-state index is -3.53. The molecule has 8 nitrogen and oxygen atoms in total. The fraction of sp³-hybridized carbons (Fsp3) is 0.263. The highest BCUT2D eigenvalue weighted by atomic mass is 32.2. The van der Waals surface area contributed by atoms with Crippen molar-refractivity contribution >= 4 is 15.8 Å². The second kappa shape index (κ2) is 8.09. The largest absolute Gasteiger partial charge is 0.379 e. The Balaban J connectivity index is 1.39. The predicted octanol–water partition coefficient (Wildman–Crippen LogP) is 1.90. The molecule has 3 heterocycles. The van der Waals surface area contributed by atoms with Gasteiger partial charge in [0, 0.05) is 25.5 Å². The topological polar surface area (TPSA) is 89.3 Å². The number of para-hydroxylation sites is 1. The molecule has 1 N–H and O–H groups in total. The van der Waals surface area contributed by atoms with Crippen LogP contribution in [0.1, 0.15) is 5.69 Å². The van der Waals surface area contributed by atoms with Crippen molar-refractivity contribution in [3.63, 3.8) is 0 Å². The molecule has 0 unspecified atom stereocenters. The van der Waals surface area contributed by atoms with Gasteiger partial charge in [0.05, 0.1) is 31.1 Å². The Bertz CT molecular complexity index is 1010.